The van der Waals surface area contributed by atoms with Crippen molar-refractivity contribution in [3.8, 4) is 0 Å². The first kappa shape index (κ1) is 12.7. The summed E-state index contributed by atoms with van der Waals surface area (Å²) in [5.74, 6) is 0.675. The van der Waals surface area contributed by atoms with Gasteiger partial charge in [-0.1, -0.05) is 26.1 Å². The monoisotopic (exact) mass is 220 g/mol. The molecule has 0 rings (SSSR count). The Bertz CT molecular complexity index is 195. The highest BCUT2D eigenvalue weighted by Crippen LogP contribution is 2.02. The van der Waals surface area contributed by atoms with Crippen molar-refractivity contribution >= 4 is 34.9 Å². The zero-order valence-corrected chi connectivity index (χ0v) is 9.80. The lowest BCUT2D eigenvalue weighted by molar-refractivity contribution is -0.119. The fourth-order valence-corrected chi connectivity index (χ4v) is 1.59. The minimum absolute atomic E-state index is 0.0148. The summed E-state index contributed by atoms with van der Waals surface area (Å²) >= 11 is 6.33. The summed E-state index contributed by atoms with van der Waals surface area (Å²) in [6.07, 6.45) is 1.88. The molecule has 0 heterocycles. The molecule has 0 saturated carbocycles. The number of hydrogen-bond acceptors (Lipinski definition) is 3. The smallest absolute Gasteiger partial charge is 0.230 e. The number of nitrogens with one attached hydrogen (secondary N) is 1. The van der Waals surface area contributed by atoms with Crippen molar-refractivity contribution < 1.29 is 4.79 Å². The molecule has 13 heavy (non-hydrogen) atoms. The molecular weight excluding hydrogens is 204 g/mol. The first-order chi connectivity index (χ1) is 5.99. The standard InChI is InChI=1S/C8H16N2OS2/c1-5(2)7(8(9)12)10-6(11)4-13-3/h5,7H,4H2,1-3H3,(H2,9,12)(H,10,11). The fourth-order valence-electron chi connectivity index (χ4n) is 0.913. The minimum Gasteiger partial charge on any atom is -0.392 e. The SMILES string of the molecule is CSCC(=O)NC(C(N)=S)C(C)C. The molecule has 0 radical (unpaired) electrons. The van der Waals surface area contributed by atoms with Crippen molar-refractivity contribution in [2.24, 2.45) is 11.7 Å². The number of carbonyl (C=O) groups excluding carboxylic acids is 1. The first-order valence-electron chi connectivity index (χ1n) is 4.06. The number of rotatable bonds is 5. The Kier molecular flexibility index (Phi) is 6.07. The van der Waals surface area contributed by atoms with Crippen LogP contribution in [0, 0.1) is 5.92 Å². The van der Waals surface area contributed by atoms with Gasteiger partial charge in [-0.15, -0.1) is 0 Å². The average Bonchev–Trinajstić information content (AvgIpc) is 1.99. The maximum absolute atomic E-state index is 11.2. The zero-order valence-electron chi connectivity index (χ0n) is 8.16. The molecule has 1 amide bonds. The first-order valence-corrected chi connectivity index (χ1v) is 5.86. The normalized spacial score (nSPS) is 12.6. The van der Waals surface area contributed by atoms with Crippen LogP contribution in [0.2, 0.25) is 0 Å². The second-order valence-corrected chi connectivity index (χ2v) is 4.46. The van der Waals surface area contributed by atoms with Crippen LogP contribution in [0.25, 0.3) is 0 Å². The highest BCUT2D eigenvalue weighted by atomic mass is 32.2. The summed E-state index contributed by atoms with van der Waals surface area (Å²) in [7, 11) is 0. The van der Waals surface area contributed by atoms with Crippen LogP contribution in [0.4, 0.5) is 0 Å². The molecule has 1 unspecified atom stereocenters. The summed E-state index contributed by atoms with van der Waals surface area (Å²) in [4.78, 5) is 11.6. The second-order valence-electron chi connectivity index (χ2n) is 3.12. The topological polar surface area (TPSA) is 55.1 Å². The molecule has 0 aliphatic carbocycles. The minimum atomic E-state index is -0.186. The summed E-state index contributed by atoms with van der Waals surface area (Å²) in [6, 6.07) is -0.186. The third kappa shape index (κ3) is 5.10. The van der Waals surface area contributed by atoms with Gasteiger partial charge in [-0.05, 0) is 12.2 Å². The molecule has 0 aliphatic heterocycles. The summed E-state index contributed by atoms with van der Waals surface area (Å²) in [6.45, 7) is 3.95. The van der Waals surface area contributed by atoms with Crippen LogP contribution in [0.3, 0.4) is 0 Å². The lowest BCUT2D eigenvalue weighted by Gasteiger charge is -2.20. The predicted octanol–water partition coefficient (Wildman–Crippen LogP) is 0.776. The van der Waals surface area contributed by atoms with Gasteiger partial charge in [0.15, 0.2) is 0 Å². The molecule has 1 atom stereocenters. The maximum atomic E-state index is 11.2. The van der Waals surface area contributed by atoms with Crippen molar-refractivity contribution in [3.63, 3.8) is 0 Å². The number of thiocarbonyl (C=S) groups is 1. The Morgan fingerprint density at radius 1 is 1.62 bits per heavy atom. The number of thioether (sulfide) groups is 1. The Balaban J connectivity index is 4.10. The van der Waals surface area contributed by atoms with E-state index in [1.165, 1.54) is 11.8 Å². The van der Waals surface area contributed by atoms with Gasteiger partial charge < -0.3 is 11.1 Å². The largest absolute Gasteiger partial charge is 0.392 e. The fraction of sp³-hybridized carbons (Fsp3) is 0.750. The Morgan fingerprint density at radius 2 is 2.15 bits per heavy atom. The van der Waals surface area contributed by atoms with Crippen molar-refractivity contribution in [1.29, 1.82) is 0 Å². The van der Waals surface area contributed by atoms with Gasteiger partial charge in [-0.3, -0.25) is 4.79 Å². The van der Waals surface area contributed by atoms with Gasteiger partial charge in [-0.25, -0.2) is 0 Å². The third-order valence-corrected chi connectivity index (χ3v) is 2.37. The van der Waals surface area contributed by atoms with Crippen LogP contribution in [-0.4, -0.2) is 28.9 Å². The van der Waals surface area contributed by atoms with E-state index in [9.17, 15) is 4.79 Å². The van der Waals surface area contributed by atoms with Gasteiger partial charge in [0.05, 0.1) is 16.8 Å². The molecule has 0 aliphatic rings. The van der Waals surface area contributed by atoms with E-state index in [4.69, 9.17) is 18.0 Å². The second kappa shape index (κ2) is 6.21. The predicted molar refractivity (Wildman–Crippen MR) is 61.9 cm³/mol. The molecule has 76 valence electrons. The van der Waals surface area contributed by atoms with Gasteiger partial charge >= 0.3 is 0 Å². The molecular formula is C8H16N2OS2. The van der Waals surface area contributed by atoms with E-state index in [-0.39, 0.29) is 17.9 Å². The molecule has 0 aromatic rings. The number of nitrogens with two attached hydrogens (primary N) is 1. The summed E-state index contributed by atoms with van der Waals surface area (Å²) < 4.78 is 0. The van der Waals surface area contributed by atoms with E-state index in [1.807, 2.05) is 20.1 Å². The van der Waals surface area contributed by atoms with Crippen molar-refractivity contribution in [2.75, 3.05) is 12.0 Å². The molecule has 3 nitrogen and oxygen atoms in total. The van der Waals surface area contributed by atoms with Crippen LogP contribution < -0.4 is 11.1 Å². The molecule has 0 bridgehead atoms. The molecule has 0 saturated heterocycles. The molecule has 0 fully saturated rings. The van der Waals surface area contributed by atoms with E-state index in [1.54, 1.807) is 0 Å². The highest BCUT2D eigenvalue weighted by Gasteiger charge is 2.17. The number of hydrogen-bond donors (Lipinski definition) is 2. The Hall–Kier alpha value is -0.290. The molecule has 3 N–H and O–H groups in total. The molecule has 0 aromatic carbocycles. The summed E-state index contributed by atoms with van der Waals surface area (Å²) in [5.41, 5.74) is 5.49. The Labute approximate surface area is 88.8 Å². The van der Waals surface area contributed by atoms with Crippen LogP contribution in [-0.2, 0) is 4.79 Å². The van der Waals surface area contributed by atoms with Gasteiger partial charge in [0.25, 0.3) is 0 Å². The van der Waals surface area contributed by atoms with E-state index in [2.05, 4.69) is 5.32 Å². The van der Waals surface area contributed by atoms with Crippen LogP contribution in [0.5, 0.6) is 0 Å². The molecule has 0 spiro atoms. The van der Waals surface area contributed by atoms with Crippen molar-refractivity contribution in [2.45, 2.75) is 19.9 Å². The average molecular weight is 220 g/mol. The van der Waals surface area contributed by atoms with E-state index in [0.29, 0.717) is 10.7 Å². The van der Waals surface area contributed by atoms with Gasteiger partial charge in [0.1, 0.15) is 0 Å². The number of amides is 1. The highest BCUT2D eigenvalue weighted by molar-refractivity contribution is 7.99. The van der Waals surface area contributed by atoms with Gasteiger partial charge in [0, 0.05) is 0 Å². The maximum Gasteiger partial charge on any atom is 0.230 e. The molecule has 0 aromatic heterocycles. The lowest BCUT2D eigenvalue weighted by Crippen LogP contribution is -2.47. The van der Waals surface area contributed by atoms with E-state index >= 15 is 0 Å². The van der Waals surface area contributed by atoms with E-state index in [0.717, 1.165) is 0 Å². The summed E-state index contributed by atoms with van der Waals surface area (Å²) in [5, 5.41) is 2.79. The van der Waals surface area contributed by atoms with Crippen molar-refractivity contribution in [3.05, 3.63) is 0 Å². The van der Waals surface area contributed by atoms with Crippen LogP contribution in [0.1, 0.15) is 13.8 Å². The van der Waals surface area contributed by atoms with Crippen LogP contribution in [0.15, 0.2) is 0 Å². The van der Waals surface area contributed by atoms with Crippen LogP contribution >= 0.6 is 24.0 Å². The lowest BCUT2D eigenvalue weighted by atomic mass is 10.0. The number of carbonyl (C=O) groups is 1. The van der Waals surface area contributed by atoms with E-state index < -0.39 is 0 Å². The Morgan fingerprint density at radius 3 is 2.46 bits per heavy atom. The zero-order chi connectivity index (χ0) is 10.4. The quantitative estimate of drug-likeness (QED) is 0.672. The van der Waals surface area contributed by atoms with Gasteiger partial charge in [0.2, 0.25) is 5.91 Å². The van der Waals surface area contributed by atoms with Gasteiger partial charge in [-0.2, -0.15) is 11.8 Å². The molecule has 5 heteroatoms. The van der Waals surface area contributed by atoms with Crippen molar-refractivity contribution in [1.82, 2.24) is 5.32 Å². The third-order valence-electron chi connectivity index (χ3n) is 1.57.